The minimum atomic E-state index is -0.385. The summed E-state index contributed by atoms with van der Waals surface area (Å²) in [4.78, 5) is 25.1. The molecule has 1 saturated heterocycles. The van der Waals surface area contributed by atoms with E-state index in [0.29, 0.717) is 16.2 Å². The maximum atomic E-state index is 12.4. The molecule has 0 spiro atoms. The number of hydrogen-bond donors (Lipinski definition) is 1. The number of allylic oxidation sites excluding steroid dienone is 2. The average molecular weight is 370 g/mol. The summed E-state index contributed by atoms with van der Waals surface area (Å²) in [5, 5.41) is 1.09. The van der Waals surface area contributed by atoms with Crippen LogP contribution in [0.2, 0.25) is 0 Å². The van der Waals surface area contributed by atoms with Crippen molar-refractivity contribution >= 4 is 46.2 Å². The second kappa shape index (κ2) is 7.50. The predicted molar refractivity (Wildman–Crippen MR) is 102 cm³/mol. The number of hydrogen-bond acceptors (Lipinski definition) is 5. The van der Waals surface area contributed by atoms with Gasteiger partial charge in [0.1, 0.15) is 5.76 Å². The first-order valence-corrected chi connectivity index (χ1v) is 8.63. The fourth-order valence-corrected chi connectivity index (χ4v) is 3.20. The number of hydrazine groups is 1. The summed E-state index contributed by atoms with van der Waals surface area (Å²) in [6, 6.07) is 10.6. The molecular weight excluding hydrogens is 356 g/mol. The van der Waals surface area contributed by atoms with Crippen LogP contribution in [0.3, 0.4) is 0 Å². The van der Waals surface area contributed by atoms with Crippen molar-refractivity contribution in [3.63, 3.8) is 0 Å². The molecule has 1 aromatic carbocycles. The molecule has 0 aliphatic carbocycles. The van der Waals surface area contributed by atoms with Gasteiger partial charge in [0.25, 0.3) is 11.8 Å². The molecule has 1 aliphatic rings. The molecule has 2 amide bonds. The molecular formula is C18H14N2O3S2. The van der Waals surface area contributed by atoms with Gasteiger partial charge in [-0.1, -0.05) is 35.5 Å². The lowest BCUT2D eigenvalue weighted by atomic mass is 10.1. The zero-order chi connectivity index (χ0) is 17.8. The number of carbonyl (C=O) groups is 2. The molecule has 126 valence electrons. The molecule has 3 rings (SSSR count). The molecule has 7 heteroatoms. The number of carbonyl (C=O) groups excluding carboxylic acids is 2. The quantitative estimate of drug-likeness (QED) is 0.657. The van der Waals surface area contributed by atoms with Crippen LogP contribution >= 0.6 is 24.0 Å². The summed E-state index contributed by atoms with van der Waals surface area (Å²) in [5.74, 6) is -0.0670. The highest BCUT2D eigenvalue weighted by Gasteiger charge is 2.33. The number of nitrogens with one attached hydrogen (secondary N) is 1. The van der Waals surface area contributed by atoms with Crippen LogP contribution in [0.25, 0.3) is 6.08 Å². The number of furan rings is 1. The van der Waals surface area contributed by atoms with Crippen LogP contribution in [0.4, 0.5) is 0 Å². The van der Waals surface area contributed by atoms with Crippen molar-refractivity contribution in [2.75, 3.05) is 0 Å². The normalized spacial score (nSPS) is 16.2. The van der Waals surface area contributed by atoms with Crippen molar-refractivity contribution in [2.45, 2.75) is 6.92 Å². The van der Waals surface area contributed by atoms with Gasteiger partial charge in [0.15, 0.2) is 4.32 Å². The average Bonchev–Trinajstić information content (AvgIpc) is 3.20. The zero-order valence-electron chi connectivity index (χ0n) is 13.3. The highest BCUT2D eigenvalue weighted by molar-refractivity contribution is 8.26. The second-order valence-electron chi connectivity index (χ2n) is 5.22. The molecule has 1 fully saturated rings. The molecule has 5 nitrogen and oxygen atoms in total. The van der Waals surface area contributed by atoms with Gasteiger partial charge in [-0.15, -0.1) is 0 Å². The minimum Gasteiger partial charge on any atom is -0.465 e. The van der Waals surface area contributed by atoms with Crippen LogP contribution in [0, 0.1) is 6.92 Å². The lowest BCUT2D eigenvalue weighted by Gasteiger charge is -2.15. The molecule has 2 heterocycles. The van der Waals surface area contributed by atoms with E-state index in [4.69, 9.17) is 16.6 Å². The van der Waals surface area contributed by atoms with Crippen LogP contribution in [-0.2, 0) is 4.79 Å². The Labute approximate surface area is 154 Å². The van der Waals surface area contributed by atoms with Crippen LogP contribution < -0.4 is 5.43 Å². The Kier molecular flexibility index (Phi) is 5.16. The van der Waals surface area contributed by atoms with E-state index in [2.05, 4.69) is 5.43 Å². The summed E-state index contributed by atoms with van der Waals surface area (Å²) in [6.07, 6.45) is 6.64. The Balaban J connectivity index is 1.68. The maximum absolute atomic E-state index is 12.4. The Morgan fingerprint density at radius 3 is 2.72 bits per heavy atom. The molecule has 1 N–H and O–H groups in total. The Hall–Kier alpha value is -2.64. The molecule has 0 unspecified atom stereocenters. The fraction of sp³-hybridized carbons (Fsp3) is 0.0556. The van der Waals surface area contributed by atoms with Crippen molar-refractivity contribution in [3.8, 4) is 0 Å². The van der Waals surface area contributed by atoms with Crippen molar-refractivity contribution in [2.24, 2.45) is 0 Å². The number of nitrogens with zero attached hydrogens (tertiary/aromatic N) is 1. The number of thioether (sulfide) groups is 1. The first-order valence-electron chi connectivity index (χ1n) is 7.40. The van der Waals surface area contributed by atoms with Crippen molar-refractivity contribution < 1.29 is 14.0 Å². The molecule has 0 saturated carbocycles. The van der Waals surface area contributed by atoms with Crippen molar-refractivity contribution in [1.82, 2.24) is 10.4 Å². The van der Waals surface area contributed by atoms with Gasteiger partial charge in [-0.25, -0.2) is 0 Å². The molecule has 1 aromatic heterocycles. The van der Waals surface area contributed by atoms with Crippen LogP contribution in [0.15, 0.2) is 64.1 Å². The molecule has 0 atom stereocenters. The van der Waals surface area contributed by atoms with E-state index < -0.39 is 0 Å². The number of thiocarbonyl (C=S) groups is 1. The highest BCUT2D eigenvalue weighted by Crippen LogP contribution is 2.29. The summed E-state index contributed by atoms with van der Waals surface area (Å²) in [6.45, 7) is 1.94. The number of benzene rings is 1. The van der Waals surface area contributed by atoms with E-state index in [-0.39, 0.29) is 16.1 Å². The van der Waals surface area contributed by atoms with Gasteiger partial charge in [-0.05, 0) is 55.6 Å². The third-order valence-corrected chi connectivity index (χ3v) is 4.69. The summed E-state index contributed by atoms with van der Waals surface area (Å²) < 4.78 is 5.46. The summed E-state index contributed by atoms with van der Waals surface area (Å²) >= 11 is 6.31. The first-order chi connectivity index (χ1) is 12.0. The SMILES string of the molecule is Cc1ccc(C(=O)NN2C(=O)C(=CC=Cc3ccco3)SC2=S)cc1. The molecule has 1 aliphatic heterocycles. The van der Waals surface area contributed by atoms with Gasteiger partial charge in [-0.3, -0.25) is 15.0 Å². The van der Waals surface area contributed by atoms with E-state index in [1.165, 1.54) is 0 Å². The monoisotopic (exact) mass is 370 g/mol. The standard InChI is InChI=1S/C18H14N2O3S2/c1-12-7-9-13(10-8-12)16(21)19-20-17(22)15(25-18(20)24)6-2-4-14-5-3-11-23-14/h2-11H,1H3,(H,19,21). The maximum Gasteiger partial charge on any atom is 0.285 e. The largest absolute Gasteiger partial charge is 0.465 e. The van der Waals surface area contributed by atoms with Crippen LogP contribution in [0.1, 0.15) is 21.7 Å². The summed E-state index contributed by atoms with van der Waals surface area (Å²) in [5.41, 5.74) is 4.06. The first kappa shape index (κ1) is 17.2. The molecule has 2 aromatic rings. The Morgan fingerprint density at radius 1 is 1.28 bits per heavy atom. The van der Waals surface area contributed by atoms with Gasteiger partial charge in [0.05, 0.1) is 11.2 Å². The molecule has 25 heavy (non-hydrogen) atoms. The number of rotatable bonds is 4. The number of amides is 2. The van der Waals surface area contributed by atoms with Crippen LogP contribution in [0.5, 0.6) is 0 Å². The topological polar surface area (TPSA) is 62.6 Å². The lowest BCUT2D eigenvalue weighted by molar-refractivity contribution is -0.123. The van der Waals surface area contributed by atoms with Gasteiger partial charge in [-0.2, -0.15) is 5.01 Å². The van der Waals surface area contributed by atoms with Crippen molar-refractivity contribution in [1.29, 1.82) is 0 Å². The number of aryl methyl sites for hydroxylation is 1. The van der Waals surface area contributed by atoms with E-state index in [9.17, 15) is 9.59 Å². The Bertz CT molecular complexity index is 868. The van der Waals surface area contributed by atoms with Gasteiger partial charge < -0.3 is 4.42 Å². The predicted octanol–water partition coefficient (Wildman–Crippen LogP) is 3.69. The van der Waals surface area contributed by atoms with Crippen molar-refractivity contribution in [3.05, 3.63) is 76.6 Å². The molecule has 0 radical (unpaired) electrons. The van der Waals surface area contributed by atoms with Crippen LogP contribution in [-0.4, -0.2) is 21.1 Å². The minimum absolute atomic E-state index is 0.281. The fourth-order valence-electron chi connectivity index (χ4n) is 2.07. The van der Waals surface area contributed by atoms with E-state index in [1.54, 1.807) is 48.8 Å². The van der Waals surface area contributed by atoms with E-state index >= 15 is 0 Å². The van der Waals surface area contributed by atoms with E-state index in [0.717, 1.165) is 22.3 Å². The third kappa shape index (κ3) is 4.07. The van der Waals surface area contributed by atoms with Gasteiger partial charge >= 0.3 is 0 Å². The highest BCUT2D eigenvalue weighted by atomic mass is 32.2. The van der Waals surface area contributed by atoms with E-state index in [1.807, 2.05) is 19.1 Å². The summed E-state index contributed by atoms with van der Waals surface area (Å²) in [7, 11) is 0. The third-order valence-electron chi connectivity index (χ3n) is 3.37. The molecule has 0 bridgehead atoms. The zero-order valence-corrected chi connectivity index (χ0v) is 14.9. The smallest absolute Gasteiger partial charge is 0.285 e. The Morgan fingerprint density at radius 2 is 2.04 bits per heavy atom. The van der Waals surface area contributed by atoms with Gasteiger partial charge in [0, 0.05) is 5.56 Å². The second-order valence-corrected chi connectivity index (χ2v) is 6.90. The lowest BCUT2D eigenvalue weighted by Crippen LogP contribution is -2.44. The van der Waals surface area contributed by atoms with Gasteiger partial charge in [0.2, 0.25) is 0 Å².